The maximum atomic E-state index is 6.01. The molecule has 2 aromatic heterocycles. The average molecular weight is 310 g/mol. The van der Waals surface area contributed by atoms with E-state index in [9.17, 15) is 0 Å². The predicted octanol–water partition coefficient (Wildman–Crippen LogP) is 1.01. The first-order chi connectivity index (χ1) is 10.0. The highest BCUT2D eigenvalue weighted by molar-refractivity contribution is 6.30. The molecule has 0 fully saturated rings. The number of nitrogens with one attached hydrogen (secondary N) is 1. The summed E-state index contributed by atoms with van der Waals surface area (Å²) in [5.41, 5.74) is 1.11. The van der Waals surface area contributed by atoms with Crippen molar-refractivity contribution in [1.29, 1.82) is 0 Å². The Morgan fingerprint density at radius 3 is 2.76 bits per heavy atom. The number of aliphatic imine (C=N–C) groups is 1. The van der Waals surface area contributed by atoms with Crippen molar-refractivity contribution in [3.05, 3.63) is 35.1 Å². The Hall–Kier alpha value is -2.02. The van der Waals surface area contributed by atoms with Crippen molar-refractivity contribution in [2.75, 3.05) is 14.1 Å². The van der Waals surface area contributed by atoms with Crippen molar-refractivity contribution in [1.82, 2.24) is 29.5 Å². The van der Waals surface area contributed by atoms with Gasteiger partial charge in [-0.05, 0) is 6.07 Å². The van der Waals surface area contributed by atoms with Gasteiger partial charge in [0.2, 0.25) is 0 Å². The van der Waals surface area contributed by atoms with Gasteiger partial charge in [0.05, 0.1) is 18.1 Å². The van der Waals surface area contributed by atoms with Crippen LogP contribution in [0.15, 0.2) is 23.6 Å². The fourth-order valence-corrected chi connectivity index (χ4v) is 2.34. The smallest absolute Gasteiger partial charge is 0.194 e. The minimum Gasteiger partial charge on any atom is -0.351 e. The first-order valence-electron chi connectivity index (χ1n) is 6.56. The molecule has 0 unspecified atom stereocenters. The molecule has 0 aliphatic carbocycles. The Morgan fingerprint density at radius 1 is 1.48 bits per heavy atom. The lowest BCUT2D eigenvalue weighted by molar-refractivity contribution is 0.459. The van der Waals surface area contributed by atoms with Crippen LogP contribution < -0.4 is 5.32 Å². The molecule has 1 N–H and O–H groups in total. The molecular weight excluding hydrogens is 290 g/mol. The third kappa shape index (κ3) is 3.75. The summed E-state index contributed by atoms with van der Waals surface area (Å²) in [6.07, 6.45) is 3.43. The number of aryl methyl sites for hydroxylation is 2. The van der Waals surface area contributed by atoms with Crippen LogP contribution in [0.3, 0.4) is 0 Å². The van der Waals surface area contributed by atoms with E-state index in [2.05, 4.69) is 20.4 Å². The Labute approximate surface area is 129 Å². The Morgan fingerprint density at radius 2 is 2.24 bits per heavy atom. The molecule has 0 spiro atoms. The number of hydrogen-bond acceptors (Lipinski definition) is 3. The number of aromatic nitrogens is 4. The van der Waals surface area contributed by atoms with Crippen molar-refractivity contribution >= 4 is 17.6 Å². The summed E-state index contributed by atoms with van der Waals surface area (Å²) in [7, 11) is 7.58. The molecule has 2 aromatic rings. The second-order valence-electron chi connectivity index (χ2n) is 4.82. The molecule has 8 heteroatoms. The highest BCUT2D eigenvalue weighted by Gasteiger charge is 2.10. The van der Waals surface area contributed by atoms with Gasteiger partial charge in [0.15, 0.2) is 5.96 Å². The van der Waals surface area contributed by atoms with E-state index >= 15 is 0 Å². The molecule has 0 amide bonds. The zero-order valence-electron chi connectivity index (χ0n) is 12.7. The maximum Gasteiger partial charge on any atom is 0.194 e. The van der Waals surface area contributed by atoms with Gasteiger partial charge in [-0.25, -0.2) is 4.98 Å². The van der Waals surface area contributed by atoms with Crippen LogP contribution in [0.1, 0.15) is 11.5 Å². The van der Waals surface area contributed by atoms with Crippen LogP contribution in [0.4, 0.5) is 0 Å². The molecule has 0 aromatic carbocycles. The standard InChI is InChI=1S/C13H20ClN7/c1-15-13(16-6-12-17-9-18-21(12)4)20(3)8-11-5-10(14)7-19(11)2/h5,7,9H,6,8H2,1-4H3,(H,15,16). The quantitative estimate of drug-likeness (QED) is 0.676. The molecule has 0 radical (unpaired) electrons. The summed E-state index contributed by atoms with van der Waals surface area (Å²) in [4.78, 5) is 10.5. The van der Waals surface area contributed by atoms with E-state index < -0.39 is 0 Å². The molecular formula is C13H20ClN7. The molecule has 2 rings (SSSR count). The third-order valence-corrected chi connectivity index (χ3v) is 3.46. The lowest BCUT2D eigenvalue weighted by Gasteiger charge is -2.22. The van der Waals surface area contributed by atoms with Gasteiger partial charge >= 0.3 is 0 Å². The summed E-state index contributed by atoms with van der Waals surface area (Å²) >= 11 is 6.01. The lowest BCUT2D eigenvalue weighted by atomic mass is 10.4. The SMILES string of the molecule is CN=C(NCc1ncnn1C)N(C)Cc1cc(Cl)cn1C. The first kappa shape index (κ1) is 15.4. The molecule has 0 saturated heterocycles. The highest BCUT2D eigenvalue weighted by atomic mass is 35.5. The Balaban J connectivity index is 1.97. The third-order valence-electron chi connectivity index (χ3n) is 3.26. The van der Waals surface area contributed by atoms with Crippen LogP contribution in [0.25, 0.3) is 0 Å². The molecule has 21 heavy (non-hydrogen) atoms. The minimum atomic E-state index is 0.571. The fraction of sp³-hybridized carbons (Fsp3) is 0.462. The molecule has 7 nitrogen and oxygen atoms in total. The number of nitrogens with zero attached hydrogens (tertiary/aromatic N) is 6. The monoisotopic (exact) mass is 309 g/mol. The van der Waals surface area contributed by atoms with Gasteiger partial charge < -0.3 is 14.8 Å². The Bertz CT molecular complexity index is 628. The van der Waals surface area contributed by atoms with Crippen LogP contribution in [0.2, 0.25) is 5.02 Å². The van der Waals surface area contributed by atoms with Crippen LogP contribution in [0, 0.1) is 0 Å². The highest BCUT2D eigenvalue weighted by Crippen LogP contribution is 2.14. The molecule has 114 valence electrons. The fourth-order valence-electron chi connectivity index (χ4n) is 2.06. The van der Waals surface area contributed by atoms with Crippen molar-refractivity contribution in [3.63, 3.8) is 0 Å². The predicted molar refractivity (Wildman–Crippen MR) is 83.1 cm³/mol. The summed E-state index contributed by atoms with van der Waals surface area (Å²) in [6, 6.07) is 1.95. The van der Waals surface area contributed by atoms with E-state index in [0.717, 1.165) is 22.5 Å². The van der Waals surface area contributed by atoms with E-state index in [0.29, 0.717) is 13.1 Å². The van der Waals surface area contributed by atoms with Gasteiger partial charge in [0.1, 0.15) is 12.2 Å². The van der Waals surface area contributed by atoms with Gasteiger partial charge in [-0.15, -0.1) is 0 Å². The summed E-state index contributed by atoms with van der Waals surface area (Å²) in [6.45, 7) is 1.28. The molecule has 2 heterocycles. The zero-order valence-corrected chi connectivity index (χ0v) is 13.5. The second kappa shape index (κ2) is 6.62. The number of guanidine groups is 1. The van der Waals surface area contributed by atoms with Crippen LogP contribution in [0.5, 0.6) is 0 Å². The Kier molecular flexibility index (Phi) is 4.85. The molecule has 0 bridgehead atoms. The summed E-state index contributed by atoms with van der Waals surface area (Å²) in [5, 5.41) is 8.05. The van der Waals surface area contributed by atoms with E-state index in [1.165, 1.54) is 6.33 Å². The largest absolute Gasteiger partial charge is 0.351 e. The van der Waals surface area contributed by atoms with Gasteiger partial charge in [-0.3, -0.25) is 9.67 Å². The normalized spacial score (nSPS) is 11.8. The van der Waals surface area contributed by atoms with Crippen LogP contribution in [-0.2, 0) is 27.2 Å². The molecule has 0 atom stereocenters. The van der Waals surface area contributed by atoms with Crippen molar-refractivity contribution < 1.29 is 0 Å². The van der Waals surface area contributed by atoms with E-state index in [4.69, 9.17) is 11.6 Å². The van der Waals surface area contributed by atoms with E-state index in [1.807, 2.05) is 42.9 Å². The lowest BCUT2D eigenvalue weighted by Crippen LogP contribution is -2.38. The number of hydrogen-bond donors (Lipinski definition) is 1. The second-order valence-corrected chi connectivity index (χ2v) is 5.25. The summed E-state index contributed by atoms with van der Waals surface area (Å²) < 4.78 is 3.74. The summed E-state index contributed by atoms with van der Waals surface area (Å²) in [5.74, 6) is 1.64. The topological polar surface area (TPSA) is 63.3 Å². The first-order valence-corrected chi connectivity index (χ1v) is 6.94. The minimum absolute atomic E-state index is 0.571. The molecule has 0 saturated carbocycles. The van der Waals surface area contributed by atoms with Crippen LogP contribution in [-0.4, -0.2) is 44.3 Å². The van der Waals surface area contributed by atoms with Crippen molar-refractivity contribution in [3.8, 4) is 0 Å². The van der Waals surface area contributed by atoms with E-state index in [1.54, 1.807) is 11.7 Å². The average Bonchev–Trinajstić information content (AvgIpc) is 2.97. The van der Waals surface area contributed by atoms with Crippen LogP contribution >= 0.6 is 11.6 Å². The maximum absolute atomic E-state index is 6.01. The van der Waals surface area contributed by atoms with Gasteiger partial charge in [-0.2, -0.15) is 5.10 Å². The van der Waals surface area contributed by atoms with Gasteiger partial charge in [-0.1, -0.05) is 11.6 Å². The van der Waals surface area contributed by atoms with Gasteiger partial charge in [0, 0.05) is 40.1 Å². The molecule has 0 aliphatic heterocycles. The van der Waals surface area contributed by atoms with Gasteiger partial charge in [0.25, 0.3) is 0 Å². The van der Waals surface area contributed by atoms with Crippen molar-refractivity contribution in [2.45, 2.75) is 13.1 Å². The van der Waals surface area contributed by atoms with E-state index in [-0.39, 0.29) is 0 Å². The molecule has 0 aliphatic rings. The number of halogens is 1. The number of rotatable bonds is 4. The zero-order chi connectivity index (χ0) is 15.4. The van der Waals surface area contributed by atoms with Crippen molar-refractivity contribution in [2.24, 2.45) is 19.1 Å².